The lowest BCUT2D eigenvalue weighted by molar-refractivity contribution is 0.272. The number of rotatable bonds is 2. The number of benzene rings is 1. The van der Waals surface area contributed by atoms with Gasteiger partial charge in [0.15, 0.2) is 0 Å². The Morgan fingerprint density at radius 2 is 2.25 bits per heavy atom. The van der Waals surface area contributed by atoms with Crippen LogP contribution in [0.25, 0.3) is 11.4 Å². The molecule has 0 radical (unpaired) electrons. The van der Waals surface area contributed by atoms with Crippen molar-refractivity contribution in [2.24, 2.45) is 7.05 Å². The van der Waals surface area contributed by atoms with E-state index in [9.17, 15) is 5.11 Å². The molecule has 0 aliphatic heterocycles. The van der Waals surface area contributed by atoms with Gasteiger partial charge in [0.05, 0.1) is 12.3 Å². The molecule has 2 aromatic rings. The van der Waals surface area contributed by atoms with Gasteiger partial charge >= 0.3 is 0 Å². The molecule has 0 amide bonds. The second-order valence-corrected chi connectivity index (χ2v) is 4.59. The smallest absolute Gasteiger partial charge is 0.141 e. The summed E-state index contributed by atoms with van der Waals surface area (Å²) in [6.07, 6.45) is 0. The molecule has 0 atom stereocenters. The van der Waals surface area contributed by atoms with E-state index >= 15 is 0 Å². The summed E-state index contributed by atoms with van der Waals surface area (Å²) in [6, 6.07) is 7.47. The predicted molar refractivity (Wildman–Crippen MR) is 67.3 cm³/mol. The fourth-order valence-corrected chi connectivity index (χ4v) is 2.31. The van der Waals surface area contributed by atoms with E-state index in [2.05, 4.69) is 20.9 Å². The highest BCUT2D eigenvalue weighted by Gasteiger charge is 2.13. The largest absolute Gasteiger partial charge is 0.390 e. The maximum Gasteiger partial charge on any atom is 0.141 e. The zero-order valence-electron chi connectivity index (χ0n) is 8.61. The van der Waals surface area contributed by atoms with Crippen LogP contribution in [0.1, 0.15) is 5.69 Å². The lowest BCUT2D eigenvalue weighted by Gasteiger charge is -2.04. The summed E-state index contributed by atoms with van der Waals surface area (Å²) in [6.45, 7) is -0.0509. The minimum absolute atomic E-state index is 0.0509. The molecule has 0 fully saturated rings. The van der Waals surface area contributed by atoms with Crippen LogP contribution in [-0.2, 0) is 13.7 Å². The molecule has 0 aliphatic carbocycles. The fourth-order valence-electron chi connectivity index (χ4n) is 1.56. The van der Waals surface area contributed by atoms with Crippen molar-refractivity contribution >= 4 is 27.5 Å². The molecule has 1 heterocycles. The first-order valence-corrected chi connectivity index (χ1v) is 5.88. The highest BCUT2D eigenvalue weighted by Crippen LogP contribution is 2.26. The summed E-state index contributed by atoms with van der Waals surface area (Å²) in [5.74, 6) is 0.776. The van der Waals surface area contributed by atoms with Crippen LogP contribution < -0.4 is 0 Å². The van der Waals surface area contributed by atoms with Gasteiger partial charge in [-0.15, -0.1) is 0 Å². The van der Waals surface area contributed by atoms with E-state index in [0.717, 1.165) is 17.1 Å². The number of hydrogen-bond donors (Lipinski definition) is 1. The van der Waals surface area contributed by atoms with Crippen molar-refractivity contribution in [2.45, 2.75) is 6.61 Å². The molecule has 1 N–H and O–H groups in total. The molecule has 3 nitrogen and oxygen atoms in total. The van der Waals surface area contributed by atoms with E-state index in [1.54, 1.807) is 0 Å². The van der Waals surface area contributed by atoms with E-state index in [0.29, 0.717) is 9.63 Å². The molecule has 0 bridgehead atoms. The fraction of sp³-hybridized carbons (Fsp3) is 0.182. The van der Waals surface area contributed by atoms with Gasteiger partial charge in [0.1, 0.15) is 10.4 Å². The van der Waals surface area contributed by atoms with Crippen LogP contribution in [0.15, 0.2) is 28.9 Å². The van der Waals surface area contributed by atoms with Gasteiger partial charge in [-0.25, -0.2) is 4.98 Å². The van der Waals surface area contributed by atoms with E-state index in [1.807, 2.05) is 35.9 Å². The number of halogens is 2. The number of imidazole rings is 1. The van der Waals surface area contributed by atoms with Gasteiger partial charge in [-0.1, -0.05) is 23.7 Å². The van der Waals surface area contributed by atoms with E-state index < -0.39 is 0 Å². The minimum Gasteiger partial charge on any atom is -0.390 e. The van der Waals surface area contributed by atoms with Crippen molar-refractivity contribution in [3.63, 3.8) is 0 Å². The molecule has 1 aromatic heterocycles. The Kier molecular flexibility index (Phi) is 3.33. The van der Waals surface area contributed by atoms with Crippen molar-refractivity contribution in [3.8, 4) is 11.4 Å². The van der Waals surface area contributed by atoms with Gasteiger partial charge in [-0.3, -0.25) is 0 Å². The van der Waals surface area contributed by atoms with Gasteiger partial charge in [-0.2, -0.15) is 0 Å². The lowest BCUT2D eigenvalue weighted by Crippen LogP contribution is -1.98. The number of nitrogens with zero attached hydrogens (tertiary/aromatic N) is 2. The number of aliphatic hydroxyl groups is 1. The summed E-state index contributed by atoms with van der Waals surface area (Å²) < 4.78 is 2.50. The van der Waals surface area contributed by atoms with Crippen molar-refractivity contribution < 1.29 is 5.11 Å². The summed E-state index contributed by atoms with van der Waals surface area (Å²) in [4.78, 5) is 4.35. The van der Waals surface area contributed by atoms with Crippen LogP contribution in [0, 0.1) is 0 Å². The SMILES string of the molecule is Cn1c(-c2cccc(Cl)c2)nc(Br)c1CO. The van der Waals surface area contributed by atoms with E-state index in [-0.39, 0.29) is 6.61 Å². The summed E-state index contributed by atoms with van der Waals surface area (Å²) >= 11 is 9.25. The third-order valence-corrected chi connectivity index (χ3v) is 3.27. The first kappa shape index (κ1) is 11.6. The van der Waals surface area contributed by atoms with Crippen LogP contribution in [0.5, 0.6) is 0 Å². The maximum absolute atomic E-state index is 9.20. The maximum atomic E-state index is 9.20. The zero-order chi connectivity index (χ0) is 11.7. The molecule has 0 unspecified atom stereocenters. The first-order chi connectivity index (χ1) is 7.63. The Labute approximate surface area is 107 Å². The molecule has 1 aromatic carbocycles. The molecule has 0 saturated heterocycles. The topological polar surface area (TPSA) is 38.0 Å². The number of hydrogen-bond acceptors (Lipinski definition) is 2. The van der Waals surface area contributed by atoms with Gasteiger partial charge in [0.25, 0.3) is 0 Å². The van der Waals surface area contributed by atoms with Crippen molar-refractivity contribution in [3.05, 3.63) is 39.6 Å². The standard InChI is InChI=1S/C11H10BrClN2O/c1-15-9(6-16)10(12)14-11(15)7-3-2-4-8(13)5-7/h2-5,16H,6H2,1H3. The van der Waals surface area contributed by atoms with Crippen molar-refractivity contribution in [1.29, 1.82) is 0 Å². The number of aromatic nitrogens is 2. The average molecular weight is 302 g/mol. The molecule has 84 valence electrons. The normalized spacial score (nSPS) is 10.8. The summed E-state index contributed by atoms with van der Waals surface area (Å²) in [5.41, 5.74) is 1.67. The molecule has 0 spiro atoms. The third kappa shape index (κ3) is 2.00. The second kappa shape index (κ2) is 4.57. The van der Waals surface area contributed by atoms with Gasteiger partial charge in [0.2, 0.25) is 0 Å². The Hall–Kier alpha value is -0.840. The van der Waals surface area contributed by atoms with Gasteiger partial charge in [-0.05, 0) is 28.1 Å². The molecule has 5 heteroatoms. The summed E-state index contributed by atoms with van der Waals surface area (Å²) in [7, 11) is 1.86. The summed E-state index contributed by atoms with van der Waals surface area (Å²) in [5, 5.41) is 9.87. The van der Waals surface area contributed by atoms with Gasteiger partial charge in [0, 0.05) is 17.6 Å². The molecule has 2 rings (SSSR count). The van der Waals surface area contributed by atoms with Crippen molar-refractivity contribution in [1.82, 2.24) is 9.55 Å². The Morgan fingerprint density at radius 1 is 1.50 bits per heavy atom. The Bertz CT molecular complexity index is 525. The van der Waals surface area contributed by atoms with E-state index in [1.165, 1.54) is 0 Å². The quantitative estimate of drug-likeness (QED) is 0.926. The lowest BCUT2D eigenvalue weighted by atomic mass is 10.2. The Morgan fingerprint density at radius 3 is 2.81 bits per heavy atom. The third-order valence-electron chi connectivity index (χ3n) is 2.40. The van der Waals surface area contributed by atoms with Crippen LogP contribution in [-0.4, -0.2) is 14.7 Å². The van der Waals surface area contributed by atoms with Crippen LogP contribution in [0.4, 0.5) is 0 Å². The number of aliphatic hydroxyl groups excluding tert-OH is 1. The average Bonchev–Trinajstić information content (AvgIpc) is 2.54. The van der Waals surface area contributed by atoms with Gasteiger partial charge < -0.3 is 9.67 Å². The van der Waals surface area contributed by atoms with E-state index in [4.69, 9.17) is 11.6 Å². The molecule has 0 saturated carbocycles. The van der Waals surface area contributed by atoms with Crippen molar-refractivity contribution in [2.75, 3.05) is 0 Å². The monoisotopic (exact) mass is 300 g/mol. The molecular weight excluding hydrogens is 291 g/mol. The molecular formula is C11H10BrClN2O. The van der Waals surface area contributed by atoms with Crippen LogP contribution in [0.2, 0.25) is 5.02 Å². The zero-order valence-corrected chi connectivity index (χ0v) is 11.0. The van der Waals surface area contributed by atoms with Crippen LogP contribution in [0.3, 0.4) is 0 Å². The minimum atomic E-state index is -0.0509. The first-order valence-electron chi connectivity index (χ1n) is 4.71. The second-order valence-electron chi connectivity index (χ2n) is 3.40. The molecule has 0 aliphatic rings. The highest BCUT2D eigenvalue weighted by molar-refractivity contribution is 9.10. The molecule has 16 heavy (non-hydrogen) atoms. The Balaban J connectivity index is 2.56. The predicted octanol–water partition coefficient (Wildman–Crippen LogP) is 3.00. The highest BCUT2D eigenvalue weighted by atomic mass is 79.9. The van der Waals surface area contributed by atoms with Crippen LogP contribution >= 0.6 is 27.5 Å².